The van der Waals surface area contributed by atoms with Gasteiger partial charge in [-0.15, -0.1) is 0 Å². The van der Waals surface area contributed by atoms with Crippen LogP contribution in [0.3, 0.4) is 0 Å². The lowest BCUT2D eigenvalue weighted by atomic mass is 10.0. The van der Waals surface area contributed by atoms with E-state index in [0.29, 0.717) is 21.8 Å². The Bertz CT molecular complexity index is 1130. The Hall–Kier alpha value is -1.81. The number of hydrogen-bond acceptors (Lipinski definition) is 3. The van der Waals surface area contributed by atoms with Crippen molar-refractivity contribution in [3.8, 4) is 0 Å². The van der Waals surface area contributed by atoms with Crippen molar-refractivity contribution in [3.05, 3.63) is 99.1 Å². The molecule has 166 valence electrons. The maximum atomic E-state index is 14.6. The number of rotatable bonds is 7. The van der Waals surface area contributed by atoms with Crippen LogP contribution in [0.15, 0.2) is 54.6 Å². The Kier molecular flexibility index (Phi) is 7.75. The van der Waals surface area contributed by atoms with Crippen LogP contribution < -0.4 is 5.30 Å². The first-order valence-electron chi connectivity index (χ1n) is 10.2. The molecule has 0 aliphatic carbocycles. The van der Waals surface area contributed by atoms with Gasteiger partial charge in [-0.25, -0.2) is 0 Å². The van der Waals surface area contributed by atoms with Crippen molar-refractivity contribution >= 4 is 55.4 Å². The Morgan fingerprint density at radius 2 is 1.03 bits per heavy atom. The molecule has 0 aliphatic rings. The molecule has 0 aliphatic heterocycles. The predicted molar refractivity (Wildman–Crippen MR) is 139 cm³/mol. The maximum Gasteiger partial charge on any atom is 0.248 e. The van der Waals surface area contributed by atoms with Gasteiger partial charge in [-0.05, 0) is 61.1 Å². The first-order chi connectivity index (χ1) is 15.1. The molecule has 32 heavy (non-hydrogen) atoms. The van der Waals surface area contributed by atoms with Gasteiger partial charge in [-0.2, -0.15) is 0 Å². The van der Waals surface area contributed by atoms with E-state index in [4.69, 9.17) is 0 Å². The quantitative estimate of drug-likeness (QED) is 0.218. The second kappa shape index (κ2) is 9.99. The normalized spacial score (nSPS) is 11.4. The van der Waals surface area contributed by atoms with Gasteiger partial charge >= 0.3 is 0 Å². The fraction of sp³-hybridized carbons (Fsp3) is 0.231. The van der Waals surface area contributed by atoms with Crippen LogP contribution in [0, 0.1) is 27.7 Å². The van der Waals surface area contributed by atoms with Crippen molar-refractivity contribution in [1.29, 1.82) is 0 Å². The molecule has 0 spiro atoms. The maximum absolute atomic E-state index is 14.6. The third-order valence-electron chi connectivity index (χ3n) is 5.61. The van der Waals surface area contributed by atoms with E-state index in [0.717, 1.165) is 33.4 Å². The number of aryl methyl sites for hydroxylation is 4. The molecule has 0 aromatic heterocycles. The summed E-state index contributed by atoms with van der Waals surface area (Å²) in [5.74, 6) is 0. The van der Waals surface area contributed by atoms with E-state index in [2.05, 4.69) is 31.9 Å². The lowest BCUT2D eigenvalue weighted by Crippen LogP contribution is -2.23. The van der Waals surface area contributed by atoms with Crippen molar-refractivity contribution in [2.45, 2.75) is 38.4 Å². The number of carbonyl (C=O) groups excluding carboxylic acids is 2. The molecular formula is C26H25Br2O3P. The fourth-order valence-electron chi connectivity index (χ4n) is 4.21. The number of benzene rings is 3. The van der Waals surface area contributed by atoms with Crippen LogP contribution in [0.25, 0.3) is 0 Å². The van der Waals surface area contributed by atoms with Gasteiger partial charge in [0, 0.05) is 27.1 Å². The molecule has 0 unspecified atom stereocenters. The molecule has 0 N–H and O–H groups in total. The minimum Gasteiger partial charge on any atom is -0.302 e. The van der Waals surface area contributed by atoms with E-state index in [9.17, 15) is 14.2 Å². The zero-order chi connectivity index (χ0) is 23.6. The molecule has 0 atom stereocenters. The third kappa shape index (κ3) is 4.48. The zero-order valence-corrected chi connectivity index (χ0v) is 22.6. The highest BCUT2D eigenvalue weighted by atomic mass is 79.9. The summed E-state index contributed by atoms with van der Waals surface area (Å²) in [5.41, 5.74) is 4.44. The van der Waals surface area contributed by atoms with Gasteiger partial charge in [0.2, 0.25) is 18.2 Å². The molecule has 3 aromatic carbocycles. The molecule has 0 radical (unpaired) electrons. The molecule has 0 fully saturated rings. The molecule has 0 saturated heterocycles. The van der Waals surface area contributed by atoms with Crippen LogP contribution in [0.4, 0.5) is 0 Å². The Morgan fingerprint density at radius 1 is 0.688 bits per heavy atom. The largest absolute Gasteiger partial charge is 0.302 e. The zero-order valence-electron chi connectivity index (χ0n) is 18.5. The summed E-state index contributed by atoms with van der Waals surface area (Å²) in [6.07, 6.45) is 0. The number of hydrogen-bond donors (Lipinski definition) is 0. The van der Waals surface area contributed by atoms with E-state index in [-0.39, 0.29) is 5.30 Å². The van der Waals surface area contributed by atoms with Gasteiger partial charge < -0.3 is 4.57 Å². The van der Waals surface area contributed by atoms with Gasteiger partial charge in [0.1, 0.15) is 0 Å². The lowest BCUT2D eigenvalue weighted by Gasteiger charge is -2.21. The molecule has 0 saturated carbocycles. The summed E-state index contributed by atoms with van der Waals surface area (Å²) in [5, 5.41) is 1.56. The summed E-state index contributed by atoms with van der Waals surface area (Å²) in [6.45, 7) is 7.31. The summed E-state index contributed by atoms with van der Waals surface area (Å²) < 4.78 is 14.6. The summed E-state index contributed by atoms with van der Waals surface area (Å²) in [6, 6.07) is 16.0. The summed E-state index contributed by atoms with van der Waals surface area (Å²) in [7, 11) is -4.15. The first kappa shape index (κ1) is 24.8. The topological polar surface area (TPSA) is 51.2 Å². The van der Waals surface area contributed by atoms with E-state index in [1.807, 2.05) is 52.0 Å². The number of carbonyl (C=O) groups is 2. The summed E-state index contributed by atoms with van der Waals surface area (Å²) >= 11 is 6.90. The lowest BCUT2D eigenvalue weighted by molar-refractivity contribution is 0.104. The van der Waals surface area contributed by atoms with Crippen LogP contribution in [0.2, 0.25) is 0 Å². The first-order valence-corrected chi connectivity index (χ1v) is 14.2. The smallest absolute Gasteiger partial charge is 0.248 e. The van der Waals surface area contributed by atoms with Crippen LogP contribution >= 0.6 is 39.0 Å². The average Bonchev–Trinajstić information content (AvgIpc) is 2.77. The predicted octanol–water partition coefficient (Wildman–Crippen LogP) is 7.38. The Morgan fingerprint density at radius 3 is 1.34 bits per heavy atom. The summed E-state index contributed by atoms with van der Waals surface area (Å²) in [4.78, 5) is 27.9. The minimum atomic E-state index is -4.15. The van der Waals surface area contributed by atoms with E-state index >= 15 is 0 Å². The molecule has 6 heteroatoms. The van der Waals surface area contributed by atoms with Crippen molar-refractivity contribution in [2.24, 2.45) is 0 Å². The van der Waals surface area contributed by atoms with Crippen molar-refractivity contribution in [2.75, 3.05) is 0 Å². The highest BCUT2D eigenvalue weighted by Crippen LogP contribution is 2.52. The van der Waals surface area contributed by atoms with E-state index in [1.165, 1.54) is 0 Å². The van der Waals surface area contributed by atoms with E-state index < -0.39 is 18.2 Å². The van der Waals surface area contributed by atoms with Crippen molar-refractivity contribution in [1.82, 2.24) is 0 Å². The van der Waals surface area contributed by atoms with Gasteiger partial charge in [0.15, 0.2) is 0 Å². The molecular weight excluding hydrogens is 551 g/mol. The minimum absolute atomic E-state index is 0.265. The van der Waals surface area contributed by atoms with Crippen LogP contribution in [-0.4, -0.2) is 11.0 Å². The number of halogens is 2. The second-order valence-corrected chi connectivity index (χ2v) is 11.7. The molecule has 0 amide bonds. The molecule has 3 rings (SSSR count). The second-order valence-electron chi connectivity index (χ2n) is 8.03. The molecule has 3 nitrogen and oxygen atoms in total. The highest BCUT2D eigenvalue weighted by molar-refractivity contribution is 9.08. The van der Waals surface area contributed by atoms with Crippen molar-refractivity contribution < 1.29 is 14.2 Å². The van der Waals surface area contributed by atoms with Gasteiger partial charge in [-0.3, -0.25) is 9.59 Å². The Balaban J connectivity index is 2.28. The van der Waals surface area contributed by atoms with Gasteiger partial charge in [0.05, 0.1) is 0 Å². The van der Waals surface area contributed by atoms with Crippen LogP contribution in [0.1, 0.15) is 54.1 Å². The monoisotopic (exact) mass is 574 g/mol. The van der Waals surface area contributed by atoms with Gasteiger partial charge in [0.25, 0.3) is 0 Å². The van der Waals surface area contributed by atoms with Crippen LogP contribution in [-0.2, 0) is 15.2 Å². The molecule has 3 aromatic rings. The van der Waals surface area contributed by atoms with Crippen LogP contribution in [0.5, 0.6) is 0 Å². The molecule has 0 heterocycles. The SMILES string of the molecule is Cc1cc(CBr)cc(C)c1C(=O)P(=O)(C(=O)c1c(C)cc(CBr)cc1C)c1ccccc1. The van der Waals surface area contributed by atoms with Crippen molar-refractivity contribution in [3.63, 3.8) is 0 Å². The Labute approximate surface area is 206 Å². The van der Waals surface area contributed by atoms with Gasteiger partial charge in [-0.1, -0.05) is 86.5 Å². The highest BCUT2D eigenvalue weighted by Gasteiger charge is 2.44. The number of alkyl halides is 2. The molecule has 0 bridgehead atoms. The van der Waals surface area contributed by atoms with E-state index in [1.54, 1.807) is 30.3 Å². The third-order valence-corrected chi connectivity index (χ3v) is 9.52. The fourth-order valence-corrected chi connectivity index (χ4v) is 7.44. The standard InChI is InChI=1S/C26H25Br2O3P/c1-16-10-20(14-27)11-17(2)23(16)25(29)32(31,22-8-6-5-7-9-22)26(30)24-18(3)12-21(15-28)13-19(24)4/h5-13H,14-15H2,1-4H3. The average molecular weight is 576 g/mol.